The Morgan fingerprint density at radius 1 is 1.10 bits per heavy atom. The van der Waals surface area contributed by atoms with Gasteiger partial charge in [0.1, 0.15) is 5.82 Å². The van der Waals surface area contributed by atoms with Crippen LogP contribution in [-0.4, -0.2) is 14.5 Å². The first kappa shape index (κ1) is 14.4. The molecule has 0 radical (unpaired) electrons. The Hall–Kier alpha value is -1.58. The highest BCUT2D eigenvalue weighted by atomic mass is 35.5. The van der Waals surface area contributed by atoms with Crippen LogP contribution < -0.4 is 0 Å². The molecular formula is C16H15Cl2N3. The number of rotatable bonds is 3. The fourth-order valence-corrected chi connectivity index (χ4v) is 2.88. The molecule has 0 fully saturated rings. The van der Waals surface area contributed by atoms with Crippen LogP contribution in [0.5, 0.6) is 0 Å². The predicted octanol–water partition coefficient (Wildman–Crippen LogP) is 4.99. The van der Waals surface area contributed by atoms with Gasteiger partial charge in [0, 0.05) is 17.4 Å². The van der Waals surface area contributed by atoms with Crippen molar-refractivity contribution < 1.29 is 0 Å². The molecule has 3 aromatic rings. The summed E-state index contributed by atoms with van der Waals surface area (Å²) in [7, 11) is 0. The van der Waals surface area contributed by atoms with E-state index in [1.807, 2.05) is 37.3 Å². The molecule has 0 aliphatic rings. The van der Waals surface area contributed by atoms with Crippen LogP contribution in [0.15, 0.2) is 42.7 Å². The van der Waals surface area contributed by atoms with Gasteiger partial charge in [0.05, 0.1) is 22.5 Å². The average molecular weight is 320 g/mol. The van der Waals surface area contributed by atoms with Crippen molar-refractivity contribution in [2.75, 3.05) is 0 Å². The molecule has 0 saturated carbocycles. The van der Waals surface area contributed by atoms with Gasteiger partial charge in [0.15, 0.2) is 0 Å². The summed E-state index contributed by atoms with van der Waals surface area (Å²) in [6.07, 6.45) is 3.59. The topological polar surface area (TPSA) is 30.7 Å². The van der Waals surface area contributed by atoms with Crippen LogP contribution >= 0.6 is 23.2 Å². The summed E-state index contributed by atoms with van der Waals surface area (Å²) in [6.45, 7) is 4.06. The summed E-state index contributed by atoms with van der Waals surface area (Å²) >= 11 is 12.5. The van der Waals surface area contributed by atoms with Crippen molar-refractivity contribution in [1.29, 1.82) is 0 Å². The summed E-state index contributed by atoms with van der Waals surface area (Å²) in [5.41, 5.74) is 3.06. The third kappa shape index (κ3) is 2.63. The van der Waals surface area contributed by atoms with Gasteiger partial charge >= 0.3 is 0 Å². The lowest BCUT2D eigenvalue weighted by Gasteiger charge is -2.19. The number of imidazole rings is 1. The van der Waals surface area contributed by atoms with E-state index in [1.54, 1.807) is 12.4 Å². The second kappa shape index (κ2) is 5.66. The van der Waals surface area contributed by atoms with Crippen LogP contribution in [-0.2, 0) is 0 Å². The van der Waals surface area contributed by atoms with Gasteiger partial charge in [0.2, 0.25) is 0 Å². The molecule has 0 saturated heterocycles. The summed E-state index contributed by atoms with van der Waals surface area (Å²) < 4.78 is 2.15. The minimum atomic E-state index is -0.180. The molecule has 0 spiro atoms. The number of aromatic nitrogens is 3. The van der Waals surface area contributed by atoms with Crippen molar-refractivity contribution in [3.8, 4) is 0 Å². The first-order valence-corrected chi connectivity index (χ1v) is 7.60. The van der Waals surface area contributed by atoms with Gasteiger partial charge in [-0.3, -0.25) is 4.98 Å². The number of nitrogens with zero attached hydrogens (tertiary/aromatic N) is 3. The van der Waals surface area contributed by atoms with Crippen LogP contribution in [0.3, 0.4) is 0 Å². The molecule has 0 aliphatic carbocycles. The lowest BCUT2D eigenvalue weighted by molar-refractivity contribution is 0.618. The van der Waals surface area contributed by atoms with Crippen LogP contribution in [0.1, 0.15) is 36.7 Å². The maximum absolute atomic E-state index is 6.32. The number of halogens is 2. The van der Waals surface area contributed by atoms with Crippen LogP contribution in [0.4, 0.5) is 0 Å². The third-order valence-electron chi connectivity index (χ3n) is 3.61. The Labute approximate surface area is 133 Å². The van der Waals surface area contributed by atoms with Crippen LogP contribution in [0, 0.1) is 0 Å². The SMILES string of the molecule is CC(Cl)c1nc2ccc(Cl)cc2n1C(C)c1ccncc1. The number of hydrogen-bond donors (Lipinski definition) is 0. The summed E-state index contributed by atoms with van der Waals surface area (Å²) in [6, 6.07) is 9.82. The zero-order valence-electron chi connectivity index (χ0n) is 11.8. The van der Waals surface area contributed by atoms with Crippen molar-refractivity contribution in [2.45, 2.75) is 25.3 Å². The van der Waals surface area contributed by atoms with Gasteiger partial charge in [-0.1, -0.05) is 11.6 Å². The van der Waals surface area contributed by atoms with Crippen LogP contribution in [0.25, 0.3) is 11.0 Å². The van der Waals surface area contributed by atoms with E-state index >= 15 is 0 Å². The van der Waals surface area contributed by atoms with E-state index in [4.69, 9.17) is 23.2 Å². The Morgan fingerprint density at radius 2 is 1.81 bits per heavy atom. The molecule has 3 nitrogen and oxygen atoms in total. The highest BCUT2D eigenvalue weighted by Gasteiger charge is 2.20. The maximum Gasteiger partial charge on any atom is 0.128 e. The second-order valence-electron chi connectivity index (χ2n) is 5.05. The normalized spacial score (nSPS) is 14.3. The van der Waals surface area contributed by atoms with E-state index in [-0.39, 0.29) is 11.4 Å². The molecule has 0 N–H and O–H groups in total. The monoisotopic (exact) mass is 319 g/mol. The van der Waals surface area contributed by atoms with Crippen molar-refractivity contribution >= 4 is 34.2 Å². The molecule has 108 valence electrons. The second-order valence-corrected chi connectivity index (χ2v) is 6.14. The molecule has 2 aromatic heterocycles. The van der Waals surface area contributed by atoms with Crippen molar-refractivity contribution in [3.63, 3.8) is 0 Å². The number of alkyl halides is 1. The van der Waals surface area contributed by atoms with E-state index in [9.17, 15) is 0 Å². The van der Waals surface area contributed by atoms with Gasteiger partial charge < -0.3 is 4.57 Å². The fourth-order valence-electron chi connectivity index (χ4n) is 2.56. The minimum absolute atomic E-state index is 0.104. The van der Waals surface area contributed by atoms with E-state index < -0.39 is 0 Å². The van der Waals surface area contributed by atoms with E-state index in [0.29, 0.717) is 5.02 Å². The zero-order chi connectivity index (χ0) is 15.0. The number of benzene rings is 1. The first-order valence-electron chi connectivity index (χ1n) is 6.79. The summed E-state index contributed by atoms with van der Waals surface area (Å²) in [4.78, 5) is 8.73. The van der Waals surface area contributed by atoms with Gasteiger partial charge in [-0.15, -0.1) is 11.6 Å². The molecule has 2 unspecified atom stereocenters. The summed E-state index contributed by atoms with van der Waals surface area (Å²) in [5.74, 6) is 0.846. The first-order chi connectivity index (χ1) is 10.1. The van der Waals surface area contributed by atoms with Gasteiger partial charge in [-0.25, -0.2) is 4.98 Å². The fraction of sp³-hybridized carbons (Fsp3) is 0.250. The Balaban J connectivity index is 2.24. The smallest absolute Gasteiger partial charge is 0.128 e. The highest BCUT2D eigenvalue weighted by Crippen LogP contribution is 2.32. The van der Waals surface area contributed by atoms with E-state index in [1.165, 1.54) is 0 Å². The molecule has 0 amide bonds. The Bertz CT molecular complexity index is 766. The lowest BCUT2D eigenvalue weighted by atomic mass is 10.1. The zero-order valence-corrected chi connectivity index (χ0v) is 13.3. The quantitative estimate of drug-likeness (QED) is 0.636. The molecule has 3 rings (SSSR count). The van der Waals surface area contributed by atoms with Crippen molar-refractivity contribution in [1.82, 2.24) is 14.5 Å². The maximum atomic E-state index is 6.32. The molecule has 2 atom stereocenters. The molecular weight excluding hydrogens is 305 g/mol. The number of fused-ring (bicyclic) bond motifs is 1. The van der Waals surface area contributed by atoms with Crippen molar-refractivity contribution in [2.24, 2.45) is 0 Å². The highest BCUT2D eigenvalue weighted by molar-refractivity contribution is 6.31. The van der Waals surface area contributed by atoms with Gasteiger partial charge in [-0.05, 0) is 49.7 Å². The van der Waals surface area contributed by atoms with E-state index in [2.05, 4.69) is 21.5 Å². The van der Waals surface area contributed by atoms with Gasteiger partial charge in [0.25, 0.3) is 0 Å². The third-order valence-corrected chi connectivity index (χ3v) is 4.04. The lowest BCUT2D eigenvalue weighted by Crippen LogP contribution is -2.11. The largest absolute Gasteiger partial charge is 0.319 e. The molecule has 0 bridgehead atoms. The van der Waals surface area contributed by atoms with Gasteiger partial charge in [-0.2, -0.15) is 0 Å². The molecule has 2 heterocycles. The average Bonchev–Trinajstić information content (AvgIpc) is 2.86. The number of hydrogen-bond acceptors (Lipinski definition) is 2. The van der Waals surface area contributed by atoms with Crippen LogP contribution in [0.2, 0.25) is 5.02 Å². The molecule has 0 aliphatic heterocycles. The Morgan fingerprint density at radius 3 is 2.48 bits per heavy atom. The standard InChI is InChI=1S/C16H15Cl2N3/c1-10(17)16-20-14-4-3-13(18)9-15(14)21(16)11(2)12-5-7-19-8-6-12/h3-11H,1-2H3. The molecule has 21 heavy (non-hydrogen) atoms. The molecule has 5 heteroatoms. The minimum Gasteiger partial charge on any atom is -0.319 e. The van der Waals surface area contributed by atoms with Crippen molar-refractivity contribution in [3.05, 3.63) is 59.1 Å². The predicted molar refractivity (Wildman–Crippen MR) is 87.1 cm³/mol. The summed E-state index contributed by atoms with van der Waals surface area (Å²) in [5, 5.41) is 0.514. The number of pyridine rings is 1. The van der Waals surface area contributed by atoms with E-state index in [0.717, 1.165) is 22.4 Å². The Kier molecular flexibility index (Phi) is 3.87. The molecule has 1 aromatic carbocycles.